The summed E-state index contributed by atoms with van der Waals surface area (Å²) < 4.78 is 0.715. The molecule has 15 heavy (non-hydrogen) atoms. The van der Waals surface area contributed by atoms with Crippen molar-refractivity contribution in [3.63, 3.8) is 0 Å². The molecule has 0 radical (unpaired) electrons. The molecule has 0 aromatic rings. The van der Waals surface area contributed by atoms with Gasteiger partial charge in [0.2, 0.25) is 0 Å². The lowest BCUT2D eigenvalue weighted by atomic mass is 9.50. The summed E-state index contributed by atoms with van der Waals surface area (Å²) in [4.78, 5) is 0. The third-order valence-electron chi connectivity index (χ3n) is 5.04. The van der Waals surface area contributed by atoms with E-state index in [1.54, 1.807) is 0 Å². The Labute approximate surface area is 99.6 Å². The standard InChI is InChI=1S/C14H26S/c1-11(2)14(12(3)4)9-13(10-14)7-5-6-8-15-13/h11-12H,5-10H2,1-4H3. The summed E-state index contributed by atoms with van der Waals surface area (Å²) in [5.41, 5.74) is 0.671. The number of hydrogen-bond acceptors (Lipinski definition) is 1. The van der Waals surface area contributed by atoms with E-state index in [4.69, 9.17) is 0 Å². The van der Waals surface area contributed by atoms with E-state index in [2.05, 4.69) is 39.5 Å². The average molecular weight is 226 g/mol. The van der Waals surface area contributed by atoms with Crippen LogP contribution in [-0.4, -0.2) is 10.5 Å². The molecular formula is C14H26S. The fraction of sp³-hybridized carbons (Fsp3) is 1.00. The van der Waals surface area contributed by atoms with Gasteiger partial charge in [-0.15, -0.1) is 0 Å². The van der Waals surface area contributed by atoms with Crippen LogP contribution < -0.4 is 0 Å². The van der Waals surface area contributed by atoms with Crippen LogP contribution in [0, 0.1) is 17.3 Å². The molecule has 1 saturated heterocycles. The third kappa shape index (κ3) is 1.85. The van der Waals surface area contributed by atoms with Gasteiger partial charge >= 0.3 is 0 Å². The molecule has 0 unspecified atom stereocenters. The Morgan fingerprint density at radius 1 is 0.933 bits per heavy atom. The quantitative estimate of drug-likeness (QED) is 0.655. The molecule has 0 aromatic carbocycles. The molecule has 2 aliphatic rings. The van der Waals surface area contributed by atoms with Gasteiger partial charge in [0.1, 0.15) is 0 Å². The van der Waals surface area contributed by atoms with Crippen molar-refractivity contribution < 1.29 is 0 Å². The molecule has 1 heterocycles. The van der Waals surface area contributed by atoms with Gasteiger partial charge in [0.25, 0.3) is 0 Å². The zero-order chi connectivity index (χ0) is 11.1. The Kier molecular flexibility index (Phi) is 3.14. The average Bonchev–Trinajstić information content (AvgIpc) is 2.14. The zero-order valence-corrected chi connectivity index (χ0v) is 11.6. The Bertz CT molecular complexity index is 205. The number of hydrogen-bond donors (Lipinski definition) is 0. The van der Waals surface area contributed by atoms with Gasteiger partial charge < -0.3 is 0 Å². The van der Waals surface area contributed by atoms with Crippen LogP contribution >= 0.6 is 11.8 Å². The van der Waals surface area contributed by atoms with E-state index in [1.807, 2.05) is 0 Å². The summed E-state index contributed by atoms with van der Waals surface area (Å²) in [6.45, 7) is 9.72. The number of thioether (sulfide) groups is 1. The van der Waals surface area contributed by atoms with Crippen molar-refractivity contribution in [2.24, 2.45) is 17.3 Å². The highest BCUT2D eigenvalue weighted by molar-refractivity contribution is 8.00. The van der Waals surface area contributed by atoms with Gasteiger partial charge in [-0.1, -0.05) is 34.1 Å². The van der Waals surface area contributed by atoms with E-state index < -0.39 is 0 Å². The summed E-state index contributed by atoms with van der Waals surface area (Å²) in [5, 5.41) is 0. The predicted molar refractivity (Wildman–Crippen MR) is 70.4 cm³/mol. The van der Waals surface area contributed by atoms with Crippen molar-refractivity contribution in [2.75, 3.05) is 5.75 Å². The van der Waals surface area contributed by atoms with E-state index in [9.17, 15) is 0 Å². The summed E-state index contributed by atoms with van der Waals surface area (Å²) >= 11 is 2.29. The normalized spacial score (nSPS) is 28.4. The molecule has 1 aliphatic carbocycles. The smallest absolute Gasteiger partial charge is 0.0171 e. The molecule has 1 spiro atoms. The topological polar surface area (TPSA) is 0 Å². The second-order valence-corrected chi connectivity index (χ2v) is 7.95. The fourth-order valence-corrected chi connectivity index (χ4v) is 5.63. The predicted octanol–water partition coefficient (Wildman–Crippen LogP) is 4.73. The van der Waals surface area contributed by atoms with Gasteiger partial charge in [0.15, 0.2) is 0 Å². The molecule has 1 saturated carbocycles. The maximum absolute atomic E-state index is 2.43. The zero-order valence-electron chi connectivity index (χ0n) is 10.8. The molecular weight excluding hydrogens is 200 g/mol. The lowest BCUT2D eigenvalue weighted by Gasteiger charge is -2.62. The van der Waals surface area contributed by atoms with E-state index in [0.29, 0.717) is 10.2 Å². The first kappa shape index (κ1) is 11.8. The third-order valence-corrected chi connectivity index (χ3v) is 6.64. The van der Waals surface area contributed by atoms with E-state index in [1.165, 1.54) is 37.9 Å². The van der Waals surface area contributed by atoms with E-state index >= 15 is 0 Å². The molecule has 0 atom stereocenters. The molecule has 2 fully saturated rings. The first-order valence-electron chi connectivity index (χ1n) is 6.65. The minimum absolute atomic E-state index is 0.671. The van der Waals surface area contributed by atoms with Crippen LogP contribution in [0.2, 0.25) is 0 Å². The highest BCUT2D eigenvalue weighted by atomic mass is 32.2. The van der Waals surface area contributed by atoms with Crippen LogP contribution in [0.3, 0.4) is 0 Å². The lowest BCUT2D eigenvalue weighted by molar-refractivity contribution is -0.0251. The maximum Gasteiger partial charge on any atom is 0.0171 e. The Morgan fingerprint density at radius 3 is 1.93 bits per heavy atom. The van der Waals surface area contributed by atoms with Crippen molar-refractivity contribution in [1.82, 2.24) is 0 Å². The molecule has 0 N–H and O–H groups in total. The van der Waals surface area contributed by atoms with Crippen molar-refractivity contribution in [1.29, 1.82) is 0 Å². The Hall–Kier alpha value is 0.350. The SMILES string of the molecule is CC(C)C1(C(C)C)CC2(CCCCS2)C1. The minimum atomic E-state index is 0.671. The molecule has 0 bridgehead atoms. The molecule has 0 nitrogen and oxygen atoms in total. The first-order valence-corrected chi connectivity index (χ1v) is 7.63. The van der Waals surface area contributed by atoms with Gasteiger partial charge in [-0.05, 0) is 48.7 Å². The maximum atomic E-state index is 2.43. The fourth-order valence-electron chi connectivity index (χ4n) is 3.82. The van der Waals surface area contributed by atoms with E-state index in [-0.39, 0.29) is 0 Å². The molecule has 1 aliphatic heterocycles. The monoisotopic (exact) mass is 226 g/mol. The van der Waals surface area contributed by atoms with Crippen LogP contribution in [-0.2, 0) is 0 Å². The molecule has 1 heteroatoms. The van der Waals surface area contributed by atoms with Crippen molar-refractivity contribution >= 4 is 11.8 Å². The van der Waals surface area contributed by atoms with Crippen molar-refractivity contribution in [3.8, 4) is 0 Å². The molecule has 0 amide bonds. The molecule has 0 aromatic heterocycles. The van der Waals surface area contributed by atoms with E-state index in [0.717, 1.165) is 11.8 Å². The van der Waals surface area contributed by atoms with Crippen molar-refractivity contribution in [3.05, 3.63) is 0 Å². The largest absolute Gasteiger partial charge is 0.155 e. The van der Waals surface area contributed by atoms with Crippen LogP contribution in [0.25, 0.3) is 0 Å². The van der Waals surface area contributed by atoms with Gasteiger partial charge in [-0.2, -0.15) is 11.8 Å². The lowest BCUT2D eigenvalue weighted by Crippen LogP contribution is -2.55. The van der Waals surface area contributed by atoms with Gasteiger partial charge in [0.05, 0.1) is 0 Å². The second kappa shape index (κ2) is 3.98. The van der Waals surface area contributed by atoms with Gasteiger partial charge in [-0.3, -0.25) is 0 Å². The number of rotatable bonds is 2. The van der Waals surface area contributed by atoms with Crippen LogP contribution in [0.1, 0.15) is 59.8 Å². The summed E-state index contributed by atoms with van der Waals surface area (Å²) in [5.74, 6) is 3.16. The summed E-state index contributed by atoms with van der Waals surface area (Å²) in [6.07, 6.45) is 7.45. The van der Waals surface area contributed by atoms with Crippen molar-refractivity contribution in [2.45, 2.75) is 64.5 Å². The molecule has 88 valence electrons. The Morgan fingerprint density at radius 2 is 1.53 bits per heavy atom. The summed E-state index contributed by atoms with van der Waals surface area (Å²) in [6, 6.07) is 0. The van der Waals surface area contributed by atoms with Gasteiger partial charge in [-0.25, -0.2) is 0 Å². The minimum Gasteiger partial charge on any atom is -0.155 e. The van der Waals surface area contributed by atoms with Gasteiger partial charge in [0, 0.05) is 4.75 Å². The van der Waals surface area contributed by atoms with Crippen LogP contribution in [0.4, 0.5) is 0 Å². The Balaban J connectivity index is 2.04. The van der Waals surface area contributed by atoms with Crippen LogP contribution in [0.15, 0.2) is 0 Å². The highest BCUT2D eigenvalue weighted by Gasteiger charge is 2.57. The summed E-state index contributed by atoms with van der Waals surface area (Å²) in [7, 11) is 0. The highest BCUT2D eigenvalue weighted by Crippen LogP contribution is 2.65. The van der Waals surface area contributed by atoms with Crippen LogP contribution in [0.5, 0.6) is 0 Å². The molecule has 2 rings (SSSR count). The second-order valence-electron chi connectivity index (χ2n) is 6.38. The first-order chi connectivity index (χ1) is 7.01.